The minimum atomic E-state index is -0.503. The van der Waals surface area contributed by atoms with Gasteiger partial charge in [0.2, 0.25) is 0 Å². The molecule has 0 heterocycles. The summed E-state index contributed by atoms with van der Waals surface area (Å²) in [6.07, 6.45) is 0. The molecule has 133 heavy (non-hydrogen) atoms. The zero-order valence-corrected chi connectivity index (χ0v) is 74.3. The lowest BCUT2D eigenvalue weighted by Crippen LogP contribution is -2.26. The number of anilines is 5. The number of halogens is 1. The third kappa shape index (κ3) is 12.3. The number of benzene rings is 24. The summed E-state index contributed by atoms with van der Waals surface area (Å²) >= 11 is 3.42. The molecule has 0 saturated heterocycles. The van der Waals surface area contributed by atoms with Gasteiger partial charge in [0, 0.05) is 38.3 Å². The molecule has 0 aliphatic heterocycles. The quantitative estimate of drug-likeness (QED) is 0.145. The Morgan fingerprint density at radius 2 is 0.474 bits per heavy atom. The van der Waals surface area contributed by atoms with E-state index in [4.69, 9.17) is 0 Å². The average Bonchev–Trinajstić information content (AvgIpc) is 1.51. The minimum Gasteiger partial charge on any atom is -0.355 e. The van der Waals surface area contributed by atoms with Crippen LogP contribution in [0.5, 0.6) is 0 Å². The van der Waals surface area contributed by atoms with Crippen molar-refractivity contribution in [3.05, 3.63) is 546 Å². The SMILES string of the molecule is Brc1ccc(-c2ccccc2)cc1.c1ccc(-c2ccc(N(c3ccc4c5ccccc5c5ccccc5c4c3)c3cc4c(cc3-c3ccc5ccccc5c3)-c3ccccc3C43c4ccccc4-c4ccccc43)cc2)cc1.c1ccc2c(c1)-c1ccccc1C21c2ccccc2-c2cc(-c3ccc4ccccc4c3)c(Nc3ccc4c5ccccc5c5ccccc5c4c3)cc21. The molecule has 28 rings (SSSR count). The van der Waals surface area contributed by atoms with Crippen molar-refractivity contribution in [3.8, 4) is 89.0 Å². The molecule has 24 aromatic rings. The first kappa shape index (κ1) is 77.6. The highest BCUT2D eigenvalue weighted by molar-refractivity contribution is 9.10. The molecular formula is C130H83BrN2. The van der Waals surface area contributed by atoms with Gasteiger partial charge in [0.05, 0.1) is 16.5 Å². The van der Waals surface area contributed by atoms with Crippen molar-refractivity contribution in [2.45, 2.75) is 10.8 Å². The Morgan fingerprint density at radius 3 is 0.902 bits per heavy atom. The van der Waals surface area contributed by atoms with Crippen LogP contribution in [0.2, 0.25) is 0 Å². The van der Waals surface area contributed by atoms with E-state index in [1.807, 2.05) is 6.07 Å². The molecule has 0 unspecified atom stereocenters. The highest BCUT2D eigenvalue weighted by Crippen LogP contribution is 2.67. The van der Waals surface area contributed by atoms with Crippen LogP contribution in [-0.2, 0) is 10.8 Å². The van der Waals surface area contributed by atoms with Crippen molar-refractivity contribution >= 4 is 131 Å². The first-order valence-corrected chi connectivity index (χ1v) is 46.8. The van der Waals surface area contributed by atoms with Crippen LogP contribution in [0.15, 0.2) is 502 Å². The molecule has 1 N–H and O–H groups in total. The van der Waals surface area contributed by atoms with Gasteiger partial charge in [-0.3, -0.25) is 0 Å². The lowest BCUT2D eigenvalue weighted by atomic mass is 9.70. The lowest BCUT2D eigenvalue weighted by Gasteiger charge is -2.33. The Labute approximate surface area is 781 Å². The zero-order valence-electron chi connectivity index (χ0n) is 72.7. The second-order valence-corrected chi connectivity index (χ2v) is 36.6. The fourth-order valence-corrected chi connectivity index (χ4v) is 23.3. The molecular weight excluding hydrogens is 1670 g/mol. The number of hydrogen-bond acceptors (Lipinski definition) is 2. The van der Waals surface area contributed by atoms with Gasteiger partial charge in [0.1, 0.15) is 0 Å². The topological polar surface area (TPSA) is 15.3 Å². The summed E-state index contributed by atoms with van der Waals surface area (Å²) < 4.78 is 1.12. The molecule has 2 spiro atoms. The fourth-order valence-electron chi connectivity index (χ4n) is 23.0. The summed E-state index contributed by atoms with van der Waals surface area (Å²) in [5.41, 5.74) is 35.3. The van der Waals surface area contributed by atoms with Crippen molar-refractivity contribution in [2.75, 3.05) is 10.2 Å². The molecule has 0 saturated carbocycles. The molecule has 0 amide bonds. The van der Waals surface area contributed by atoms with E-state index < -0.39 is 10.8 Å². The van der Waals surface area contributed by atoms with Gasteiger partial charge in [0.15, 0.2) is 0 Å². The molecule has 24 aromatic carbocycles. The summed E-state index contributed by atoms with van der Waals surface area (Å²) in [6.45, 7) is 0. The van der Waals surface area contributed by atoms with E-state index in [2.05, 4.69) is 518 Å². The fraction of sp³-hybridized carbons (Fsp3) is 0.0154. The number of hydrogen-bond donors (Lipinski definition) is 1. The molecule has 4 aliphatic carbocycles. The summed E-state index contributed by atoms with van der Waals surface area (Å²) in [6, 6.07) is 184. The highest BCUT2D eigenvalue weighted by atomic mass is 79.9. The summed E-state index contributed by atoms with van der Waals surface area (Å²) in [5, 5.41) is 24.2. The molecule has 0 atom stereocenters. The van der Waals surface area contributed by atoms with Crippen LogP contribution in [-0.4, -0.2) is 0 Å². The molecule has 620 valence electrons. The van der Waals surface area contributed by atoms with Gasteiger partial charge in [-0.05, 0) is 294 Å². The molecule has 3 heteroatoms. The molecule has 0 fully saturated rings. The van der Waals surface area contributed by atoms with Gasteiger partial charge < -0.3 is 10.2 Å². The van der Waals surface area contributed by atoms with E-state index >= 15 is 0 Å². The Morgan fingerprint density at radius 1 is 0.173 bits per heavy atom. The van der Waals surface area contributed by atoms with Crippen molar-refractivity contribution in [1.29, 1.82) is 0 Å². The first-order valence-electron chi connectivity index (χ1n) is 46.0. The zero-order chi connectivity index (χ0) is 87.8. The third-order valence-corrected chi connectivity index (χ3v) is 29.3. The van der Waals surface area contributed by atoms with Crippen molar-refractivity contribution in [2.24, 2.45) is 0 Å². The number of fused-ring (bicyclic) bond motifs is 34. The Hall–Kier alpha value is -16.6. The van der Waals surface area contributed by atoms with Gasteiger partial charge >= 0.3 is 0 Å². The van der Waals surface area contributed by atoms with Crippen LogP contribution < -0.4 is 10.2 Å². The van der Waals surface area contributed by atoms with E-state index in [1.165, 1.54) is 220 Å². The van der Waals surface area contributed by atoms with Gasteiger partial charge in [-0.25, -0.2) is 0 Å². The second-order valence-electron chi connectivity index (χ2n) is 35.7. The first-order chi connectivity index (χ1) is 65.9. The second kappa shape index (κ2) is 31.4. The Balaban J connectivity index is 0.000000124. The maximum Gasteiger partial charge on any atom is 0.0726 e. The van der Waals surface area contributed by atoms with Gasteiger partial charge in [-0.1, -0.05) is 428 Å². The summed E-state index contributed by atoms with van der Waals surface area (Å²) in [5.74, 6) is 0. The summed E-state index contributed by atoms with van der Waals surface area (Å²) in [4.78, 5) is 2.53. The van der Waals surface area contributed by atoms with Crippen LogP contribution in [0.25, 0.3) is 175 Å². The monoisotopic (exact) mass is 1750 g/mol. The van der Waals surface area contributed by atoms with Gasteiger partial charge in [-0.2, -0.15) is 0 Å². The van der Waals surface area contributed by atoms with Crippen LogP contribution in [0.3, 0.4) is 0 Å². The predicted molar refractivity (Wildman–Crippen MR) is 566 cm³/mol. The molecule has 0 bridgehead atoms. The minimum absolute atomic E-state index is 0.421. The van der Waals surface area contributed by atoms with Gasteiger partial charge in [0.25, 0.3) is 0 Å². The lowest BCUT2D eigenvalue weighted by molar-refractivity contribution is 0.794. The van der Waals surface area contributed by atoms with Gasteiger partial charge in [-0.15, -0.1) is 0 Å². The predicted octanol–water partition coefficient (Wildman–Crippen LogP) is 35.6. The normalized spacial score (nSPS) is 12.8. The van der Waals surface area contributed by atoms with Crippen molar-refractivity contribution in [3.63, 3.8) is 0 Å². The standard InChI is InChI=1S/C65H41N.C53H33N.C12H9Br/c1-2-16-42(17-3-1)44-32-34-47(35-33-44)66(48-36-37-53-51-22-7-6-20-49(51)50-21-8-9-23-52(50)58(53)39-48)64-41-63-59(40-57(64)46-31-30-43-18-4-5-19-45(43)38-46)56-26-12-15-29-62(56)65(63)60-27-13-10-24-54(60)55-25-11-14-28-61(55)65;1-2-14-34-29-35(26-25-33(34)13-1)45-31-47-44-21-9-12-24-50(44)53(48-22-10-7-19-42(48)43-20-8-11-23-49(43)53)51(47)32-52(45)54-36-27-28-41-39-17-4-3-15-37(39)38-16-5-6-18-40(38)46(41)30-36;13-12-8-6-11(7-9-12)10-4-2-1-3-5-10/h1-41H;1-32,54H;1-9H. The maximum atomic E-state index is 4.03. The van der Waals surface area contributed by atoms with E-state index in [9.17, 15) is 0 Å². The van der Waals surface area contributed by atoms with Crippen molar-refractivity contribution < 1.29 is 0 Å². The number of nitrogens with one attached hydrogen (secondary N) is 1. The largest absolute Gasteiger partial charge is 0.355 e. The molecule has 0 aromatic heterocycles. The molecule has 4 aliphatic rings. The van der Waals surface area contributed by atoms with Crippen LogP contribution in [0, 0.1) is 0 Å². The Bertz CT molecular complexity index is 8710. The molecule has 2 nitrogen and oxygen atoms in total. The maximum absolute atomic E-state index is 4.03. The van der Waals surface area contributed by atoms with E-state index in [-0.39, 0.29) is 0 Å². The van der Waals surface area contributed by atoms with E-state index in [0.717, 1.165) is 32.9 Å². The highest BCUT2D eigenvalue weighted by Gasteiger charge is 2.54. The average molecular weight is 1750 g/mol. The van der Waals surface area contributed by atoms with E-state index in [1.54, 1.807) is 0 Å². The van der Waals surface area contributed by atoms with Crippen LogP contribution in [0.4, 0.5) is 28.4 Å². The Kier molecular flexibility index (Phi) is 18.3. The smallest absolute Gasteiger partial charge is 0.0726 e. The van der Waals surface area contributed by atoms with Crippen molar-refractivity contribution in [1.82, 2.24) is 0 Å². The summed E-state index contributed by atoms with van der Waals surface area (Å²) in [7, 11) is 0. The van der Waals surface area contributed by atoms with Crippen LogP contribution in [0.1, 0.15) is 44.5 Å². The molecule has 0 radical (unpaired) electrons. The number of nitrogens with zero attached hydrogens (tertiary/aromatic N) is 1. The third-order valence-electron chi connectivity index (χ3n) is 28.8. The van der Waals surface area contributed by atoms with Crippen LogP contribution >= 0.6 is 15.9 Å². The van der Waals surface area contributed by atoms with E-state index in [0.29, 0.717) is 0 Å². The number of rotatable bonds is 9.